The first-order valence-electron chi connectivity index (χ1n) is 9.88. The molecule has 0 saturated carbocycles. The summed E-state index contributed by atoms with van der Waals surface area (Å²) < 4.78 is 5.99. The first kappa shape index (κ1) is 19.1. The molecule has 0 aliphatic carbocycles. The number of nitrogens with zero attached hydrogens (tertiary/aromatic N) is 2. The molecular formula is C25H25N3O. The normalized spacial score (nSPS) is 13.2. The number of hydrogen-bond donors (Lipinski definition) is 1. The van der Waals surface area contributed by atoms with Gasteiger partial charge in [0.05, 0.1) is 12.1 Å². The van der Waals surface area contributed by atoms with Gasteiger partial charge in [0.25, 0.3) is 0 Å². The van der Waals surface area contributed by atoms with Gasteiger partial charge in [-0.2, -0.15) is 0 Å². The SMILES string of the molecule is Cc1ccc([C@@H](N[C@@H](C)c2nnc(-c3cccc(C)c3)o2)c2ccccc2)cc1. The zero-order chi connectivity index (χ0) is 20.2. The van der Waals surface area contributed by atoms with Crippen LogP contribution in [0.1, 0.15) is 47.2 Å². The summed E-state index contributed by atoms with van der Waals surface area (Å²) >= 11 is 0. The molecule has 4 nitrogen and oxygen atoms in total. The highest BCUT2D eigenvalue weighted by molar-refractivity contribution is 5.53. The fraction of sp³-hybridized carbons (Fsp3) is 0.200. The molecule has 0 amide bonds. The summed E-state index contributed by atoms with van der Waals surface area (Å²) in [6.07, 6.45) is 0. The van der Waals surface area contributed by atoms with Crippen molar-refractivity contribution >= 4 is 0 Å². The molecule has 0 saturated heterocycles. The molecule has 29 heavy (non-hydrogen) atoms. The van der Waals surface area contributed by atoms with Gasteiger partial charge in [0.15, 0.2) is 0 Å². The van der Waals surface area contributed by atoms with E-state index in [1.165, 1.54) is 16.7 Å². The molecule has 2 atom stereocenters. The Morgan fingerprint density at radius 2 is 1.48 bits per heavy atom. The van der Waals surface area contributed by atoms with Crippen molar-refractivity contribution in [2.45, 2.75) is 32.9 Å². The van der Waals surface area contributed by atoms with Crippen LogP contribution in [0.5, 0.6) is 0 Å². The molecular weight excluding hydrogens is 358 g/mol. The lowest BCUT2D eigenvalue weighted by atomic mass is 9.97. The maximum absolute atomic E-state index is 5.99. The predicted octanol–water partition coefficient (Wildman–Crippen LogP) is 5.79. The fourth-order valence-electron chi connectivity index (χ4n) is 3.41. The zero-order valence-electron chi connectivity index (χ0n) is 17.0. The molecule has 1 aromatic heterocycles. The summed E-state index contributed by atoms with van der Waals surface area (Å²) in [6.45, 7) is 6.21. The van der Waals surface area contributed by atoms with E-state index in [-0.39, 0.29) is 12.1 Å². The summed E-state index contributed by atoms with van der Waals surface area (Å²) in [4.78, 5) is 0. The lowest BCUT2D eigenvalue weighted by Gasteiger charge is -2.23. The van der Waals surface area contributed by atoms with Crippen LogP contribution in [0, 0.1) is 13.8 Å². The molecule has 146 valence electrons. The Bertz CT molecular complexity index is 1070. The lowest BCUT2D eigenvalue weighted by molar-refractivity contribution is 0.403. The van der Waals surface area contributed by atoms with Crippen molar-refractivity contribution in [3.63, 3.8) is 0 Å². The molecule has 4 aromatic rings. The Morgan fingerprint density at radius 1 is 0.759 bits per heavy atom. The van der Waals surface area contributed by atoms with E-state index >= 15 is 0 Å². The van der Waals surface area contributed by atoms with Gasteiger partial charge in [-0.25, -0.2) is 0 Å². The van der Waals surface area contributed by atoms with E-state index in [0.29, 0.717) is 11.8 Å². The molecule has 4 rings (SSSR count). The van der Waals surface area contributed by atoms with Gasteiger partial charge in [0, 0.05) is 5.56 Å². The van der Waals surface area contributed by atoms with E-state index in [4.69, 9.17) is 4.42 Å². The van der Waals surface area contributed by atoms with Crippen LogP contribution < -0.4 is 5.32 Å². The summed E-state index contributed by atoms with van der Waals surface area (Å²) in [5, 5.41) is 12.2. The van der Waals surface area contributed by atoms with Crippen LogP contribution in [-0.4, -0.2) is 10.2 Å². The second-order valence-electron chi connectivity index (χ2n) is 7.46. The van der Waals surface area contributed by atoms with Crippen molar-refractivity contribution in [1.29, 1.82) is 0 Å². The number of nitrogens with one attached hydrogen (secondary N) is 1. The van der Waals surface area contributed by atoms with E-state index in [0.717, 1.165) is 11.1 Å². The zero-order valence-corrected chi connectivity index (χ0v) is 17.0. The first-order chi connectivity index (χ1) is 14.1. The first-order valence-corrected chi connectivity index (χ1v) is 9.88. The molecule has 1 heterocycles. The highest BCUT2D eigenvalue weighted by atomic mass is 16.4. The van der Waals surface area contributed by atoms with Gasteiger partial charge >= 0.3 is 0 Å². The van der Waals surface area contributed by atoms with Crippen molar-refractivity contribution in [2.24, 2.45) is 0 Å². The molecule has 0 aliphatic heterocycles. The minimum absolute atomic E-state index is 0.0288. The van der Waals surface area contributed by atoms with Crippen LogP contribution >= 0.6 is 0 Å². The largest absolute Gasteiger partial charge is 0.419 e. The fourth-order valence-corrected chi connectivity index (χ4v) is 3.41. The Balaban J connectivity index is 1.60. The number of rotatable bonds is 6. The Morgan fingerprint density at radius 3 is 2.21 bits per heavy atom. The Kier molecular flexibility index (Phi) is 5.54. The maximum atomic E-state index is 5.99. The van der Waals surface area contributed by atoms with Crippen molar-refractivity contribution in [3.05, 3.63) is 107 Å². The standard InChI is InChI=1S/C25H25N3O/c1-17-12-14-21(15-13-17)23(20-9-5-4-6-10-20)26-19(3)24-27-28-25(29-24)22-11-7-8-18(2)16-22/h4-16,19,23,26H,1-3H3/t19-,23-/m0/s1. The van der Waals surface area contributed by atoms with E-state index < -0.39 is 0 Å². The molecule has 0 radical (unpaired) electrons. The summed E-state index contributed by atoms with van der Waals surface area (Å²) in [5.74, 6) is 1.12. The summed E-state index contributed by atoms with van der Waals surface area (Å²) in [7, 11) is 0. The van der Waals surface area contributed by atoms with Gasteiger partial charge in [-0.05, 0) is 44.0 Å². The third kappa shape index (κ3) is 4.44. The minimum atomic E-state index is -0.104. The van der Waals surface area contributed by atoms with Crippen LogP contribution in [0.15, 0.2) is 83.3 Å². The summed E-state index contributed by atoms with van der Waals surface area (Å²) in [5.41, 5.74) is 5.74. The third-order valence-electron chi connectivity index (χ3n) is 5.04. The third-order valence-corrected chi connectivity index (χ3v) is 5.04. The highest BCUT2D eigenvalue weighted by Gasteiger charge is 2.21. The molecule has 1 N–H and O–H groups in total. The molecule has 0 fully saturated rings. The van der Waals surface area contributed by atoms with Crippen molar-refractivity contribution < 1.29 is 4.42 Å². The molecule has 0 bridgehead atoms. The van der Waals surface area contributed by atoms with Gasteiger partial charge in [-0.1, -0.05) is 77.9 Å². The number of hydrogen-bond acceptors (Lipinski definition) is 4. The smallest absolute Gasteiger partial charge is 0.247 e. The lowest BCUT2D eigenvalue weighted by Crippen LogP contribution is -2.26. The van der Waals surface area contributed by atoms with Crippen molar-refractivity contribution in [3.8, 4) is 11.5 Å². The maximum Gasteiger partial charge on any atom is 0.247 e. The Hall–Kier alpha value is -3.24. The quantitative estimate of drug-likeness (QED) is 0.458. The number of aryl methyl sites for hydroxylation is 2. The highest BCUT2D eigenvalue weighted by Crippen LogP contribution is 2.27. The Labute approximate surface area is 171 Å². The van der Waals surface area contributed by atoms with E-state index in [1.54, 1.807) is 0 Å². The van der Waals surface area contributed by atoms with Gasteiger partial charge in [0.1, 0.15) is 0 Å². The van der Waals surface area contributed by atoms with Gasteiger partial charge < -0.3 is 4.42 Å². The van der Waals surface area contributed by atoms with Gasteiger partial charge in [-0.3, -0.25) is 5.32 Å². The van der Waals surface area contributed by atoms with Crippen molar-refractivity contribution in [1.82, 2.24) is 15.5 Å². The van der Waals surface area contributed by atoms with Gasteiger partial charge in [0.2, 0.25) is 11.8 Å². The second-order valence-corrected chi connectivity index (χ2v) is 7.46. The number of aromatic nitrogens is 2. The average Bonchev–Trinajstić information content (AvgIpc) is 3.24. The van der Waals surface area contributed by atoms with Crippen LogP contribution in [0.25, 0.3) is 11.5 Å². The van der Waals surface area contributed by atoms with Crippen LogP contribution in [0.3, 0.4) is 0 Å². The topological polar surface area (TPSA) is 51.0 Å². The van der Waals surface area contributed by atoms with Crippen LogP contribution in [0.4, 0.5) is 0 Å². The van der Waals surface area contributed by atoms with E-state index in [9.17, 15) is 0 Å². The number of benzene rings is 3. The minimum Gasteiger partial charge on any atom is -0.419 e. The second kappa shape index (κ2) is 8.41. The van der Waals surface area contributed by atoms with E-state index in [1.807, 2.05) is 18.2 Å². The molecule has 4 heteroatoms. The van der Waals surface area contributed by atoms with E-state index in [2.05, 4.69) is 96.9 Å². The van der Waals surface area contributed by atoms with Crippen LogP contribution in [-0.2, 0) is 0 Å². The van der Waals surface area contributed by atoms with Crippen molar-refractivity contribution in [2.75, 3.05) is 0 Å². The summed E-state index contributed by atoms with van der Waals surface area (Å²) in [6, 6.07) is 27.0. The molecule has 0 spiro atoms. The molecule has 0 aliphatic rings. The monoisotopic (exact) mass is 383 g/mol. The van der Waals surface area contributed by atoms with Crippen LogP contribution in [0.2, 0.25) is 0 Å². The molecule has 3 aromatic carbocycles. The van der Waals surface area contributed by atoms with Gasteiger partial charge in [-0.15, -0.1) is 10.2 Å². The predicted molar refractivity (Wildman–Crippen MR) is 115 cm³/mol. The average molecular weight is 383 g/mol. The molecule has 0 unspecified atom stereocenters.